The van der Waals surface area contributed by atoms with Crippen molar-refractivity contribution in [2.24, 2.45) is 11.8 Å². The number of benzene rings is 2. The number of anilines is 2. The minimum atomic E-state index is -0.303. The Balaban J connectivity index is 1.58. The Bertz CT molecular complexity index is 827. The van der Waals surface area contributed by atoms with Gasteiger partial charge in [0.05, 0.1) is 23.6 Å². The van der Waals surface area contributed by atoms with Crippen LogP contribution in [0, 0.1) is 11.8 Å². The molecule has 0 aliphatic carbocycles. The lowest BCUT2D eigenvalue weighted by atomic mass is 9.84. The number of carbonyl (C=O) groups excluding carboxylic acids is 2. The van der Waals surface area contributed by atoms with Gasteiger partial charge in [-0.05, 0) is 37.2 Å². The molecule has 2 aromatic rings. The third-order valence-electron chi connectivity index (χ3n) is 5.52. The normalized spacial score (nSPS) is 24.8. The first kappa shape index (κ1) is 18.7. The highest BCUT2D eigenvalue weighted by atomic mass is 16.2. The number of piperidine rings is 1. The second-order valence-electron chi connectivity index (χ2n) is 7.49. The lowest BCUT2D eigenvalue weighted by Crippen LogP contribution is -2.56. The van der Waals surface area contributed by atoms with Crippen LogP contribution in [0.1, 0.15) is 13.3 Å². The molecule has 2 aliphatic heterocycles. The van der Waals surface area contributed by atoms with Crippen molar-refractivity contribution in [2.45, 2.75) is 19.4 Å². The van der Waals surface area contributed by atoms with Crippen molar-refractivity contribution in [3.05, 3.63) is 60.7 Å². The average Bonchev–Trinajstić information content (AvgIpc) is 3.06. The number of amides is 2. The molecule has 6 nitrogen and oxygen atoms in total. The molecule has 2 aliphatic rings. The van der Waals surface area contributed by atoms with Gasteiger partial charge in [0.1, 0.15) is 0 Å². The molecule has 3 atom stereocenters. The molecule has 0 radical (unpaired) electrons. The van der Waals surface area contributed by atoms with Crippen LogP contribution in [-0.4, -0.2) is 42.4 Å². The molecule has 2 aromatic carbocycles. The highest BCUT2D eigenvalue weighted by Crippen LogP contribution is 2.32. The maximum Gasteiger partial charge on any atom is 0.247 e. The van der Waals surface area contributed by atoms with E-state index in [1.165, 1.54) is 0 Å². The van der Waals surface area contributed by atoms with E-state index in [4.69, 9.17) is 0 Å². The third kappa shape index (κ3) is 3.66. The summed E-state index contributed by atoms with van der Waals surface area (Å²) in [5.74, 6) is -0.540. The largest absolute Gasteiger partial charge is 0.326 e. The molecule has 4 rings (SSSR count). The van der Waals surface area contributed by atoms with Gasteiger partial charge in [0.25, 0.3) is 0 Å². The highest BCUT2D eigenvalue weighted by molar-refractivity contribution is 5.99. The summed E-state index contributed by atoms with van der Waals surface area (Å²) >= 11 is 0. The minimum Gasteiger partial charge on any atom is -0.326 e. The van der Waals surface area contributed by atoms with E-state index < -0.39 is 0 Å². The summed E-state index contributed by atoms with van der Waals surface area (Å²) in [4.78, 5) is 28.5. The number of hydrogen-bond donors (Lipinski definition) is 2. The number of hydrogen-bond acceptors (Lipinski definition) is 4. The van der Waals surface area contributed by atoms with Crippen LogP contribution in [0.2, 0.25) is 0 Å². The van der Waals surface area contributed by atoms with Gasteiger partial charge in [0.15, 0.2) is 0 Å². The van der Waals surface area contributed by atoms with Crippen molar-refractivity contribution < 1.29 is 9.59 Å². The highest BCUT2D eigenvalue weighted by Gasteiger charge is 2.50. The Hall–Kier alpha value is -2.70. The lowest BCUT2D eigenvalue weighted by Gasteiger charge is -2.38. The zero-order chi connectivity index (χ0) is 19.5. The van der Waals surface area contributed by atoms with Crippen molar-refractivity contribution in [3.8, 4) is 0 Å². The minimum absolute atomic E-state index is 0.0366. The molecule has 146 valence electrons. The monoisotopic (exact) mass is 378 g/mol. The van der Waals surface area contributed by atoms with Gasteiger partial charge in [-0.3, -0.25) is 9.59 Å². The first-order valence-corrected chi connectivity index (χ1v) is 9.91. The Morgan fingerprint density at radius 1 is 1.07 bits per heavy atom. The van der Waals surface area contributed by atoms with E-state index >= 15 is 0 Å². The Labute approximate surface area is 165 Å². The van der Waals surface area contributed by atoms with E-state index in [2.05, 4.69) is 22.6 Å². The van der Waals surface area contributed by atoms with Crippen molar-refractivity contribution in [1.29, 1.82) is 0 Å². The summed E-state index contributed by atoms with van der Waals surface area (Å²) in [6.07, 6.45) is 0.994. The molecule has 2 heterocycles. The van der Waals surface area contributed by atoms with E-state index in [9.17, 15) is 9.59 Å². The second-order valence-corrected chi connectivity index (χ2v) is 7.49. The fourth-order valence-corrected chi connectivity index (χ4v) is 4.21. The predicted octanol–water partition coefficient (Wildman–Crippen LogP) is 2.50. The maximum atomic E-state index is 13.1. The number of likely N-dealkylation sites (tertiary alicyclic amines) is 1. The van der Waals surface area contributed by atoms with Gasteiger partial charge in [-0.1, -0.05) is 43.3 Å². The molecule has 6 heteroatoms. The van der Waals surface area contributed by atoms with E-state index in [-0.39, 0.29) is 29.7 Å². The molecule has 2 N–H and O–H groups in total. The fraction of sp³-hybridized carbons (Fsp3) is 0.364. The molecular weight excluding hydrogens is 352 g/mol. The first-order chi connectivity index (χ1) is 13.7. The quantitative estimate of drug-likeness (QED) is 0.839. The standard InChI is InChI=1S/C22H26N4O2/c1-2-13-25-14-18(21(27)23-16-9-5-3-6-10-16)20-19(15-25)22(28)26(24-20)17-11-7-4-8-12-17/h3-12,18-20,24H,2,13-15H2,1H3,(H,23,27). The van der Waals surface area contributed by atoms with Gasteiger partial charge in [-0.2, -0.15) is 0 Å². The number of carbonyl (C=O) groups is 2. The van der Waals surface area contributed by atoms with Gasteiger partial charge in [0, 0.05) is 18.8 Å². The molecule has 2 amide bonds. The molecule has 3 unspecified atom stereocenters. The zero-order valence-electron chi connectivity index (χ0n) is 16.0. The van der Waals surface area contributed by atoms with Crippen LogP contribution >= 0.6 is 0 Å². The van der Waals surface area contributed by atoms with Gasteiger partial charge in [-0.15, -0.1) is 0 Å². The van der Waals surface area contributed by atoms with Crippen LogP contribution < -0.4 is 15.8 Å². The first-order valence-electron chi connectivity index (χ1n) is 9.91. The Morgan fingerprint density at radius 2 is 1.75 bits per heavy atom. The van der Waals surface area contributed by atoms with Crippen LogP contribution in [0.4, 0.5) is 11.4 Å². The summed E-state index contributed by atoms with van der Waals surface area (Å²) in [6.45, 7) is 4.34. The Kier molecular flexibility index (Phi) is 5.41. The summed E-state index contributed by atoms with van der Waals surface area (Å²) in [7, 11) is 0. The van der Waals surface area contributed by atoms with Crippen molar-refractivity contribution in [3.63, 3.8) is 0 Å². The molecule has 2 saturated heterocycles. The van der Waals surface area contributed by atoms with Gasteiger partial charge < -0.3 is 10.2 Å². The number of para-hydroxylation sites is 2. The smallest absolute Gasteiger partial charge is 0.247 e. The molecule has 0 spiro atoms. The number of nitrogens with zero attached hydrogens (tertiary/aromatic N) is 2. The fourth-order valence-electron chi connectivity index (χ4n) is 4.21. The molecule has 28 heavy (non-hydrogen) atoms. The van der Waals surface area contributed by atoms with Crippen molar-refractivity contribution >= 4 is 23.2 Å². The maximum absolute atomic E-state index is 13.1. The van der Waals surface area contributed by atoms with Gasteiger partial charge in [0.2, 0.25) is 11.8 Å². The van der Waals surface area contributed by atoms with E-state index in [0.717, 1.165) is 24.3 Å². The number of rotatable bonds is 5. The molecule has 2 fully saturated rings. The third-order valence-corrected chi connectivity index (χ3v) is 5.52. The Morgan fingerprint density at radius 3 is 2.43 bits per heavy atom. The lowest BCUT2D eigenvalue weighted by molar-refractivity contribution is -0.126. The summed E-state index contributed by atoms with van der Waals surface area (Å²) in [5.41, 5.74) is 4.92. The summed E-state index contributed by atoms with van der Waals surface area (Å²) < 4.78 is 0. The van der Waals surface area contributed by atoms with E-state index in [1.807, 2.05) is 60.7 Å². The zero-order valence-corrected chi connectivity index (χ0v) is 16.0. The van der Waals surface area contributed by atoms with Crippen LogP contribution in [0.15, 0.2) is 60.7 Å². The average molecular weight is 378 g/mol. The van der Waals surface area contributed by atoms with Gasteiger partial charge in [-0.25, -0.2) is 10.4 Å². The predicted molar refractivity (Wildman–Crippen MR) is 110 cm³/mol. The van der Waals surface area contributed by atoms with Crippen LogP contribution in [-0.2, 0) is 9.59 Å². The summed E-state index contributed by atoms with van der Waals surface area (Å²) in [5, 5.41) is 4.64. The van der Waals surface area contributed by atoms with E-state index in [1.54, 1.807) is 5.01 Å². The molecule has 0 bridgehead atoms. The number of fused-ring (bicyclic) bond motifs is 1. The second kappa shape index (κ2) is 8.12. The molecule has 0 aromatic heterocycles. The summed E-state index contributed by atoms with van der Waals surface area (Å²) in [6, 6.07) is 18.8. The van der Waals surface area contributed by atoms with Crippen LogP contribution in [0.3, 0.4) is 0 Å². The van der Waals surface area contributed by atoms with Crippen LogP contribution in [0.5, 0.6) is 0 Å². The number of nitrogens with one attached hydrogen (secondary N) is 2. The SMILES string of the molecule is CCCN1CC(C(=O)Nc2ccccc2)C2NN(c3ccccc3)C(=O)C2C1. The van der Waals surface area contributed by atoms with Crippen molar-refractivity contribution in [1.82, 2.24) is 10.3 Å². The topological polar surface area (TPSA) is 64.7 Å². The molecular formula is C22H26N4O2. The van der Waals surface area contributed by atoms with E-state index in [0.29, 0.717) is 13.1 Å². The van der Waals surface area contributed by atoms with Gasteiger partial charge >= 0.3 is 0 Å². The number of hydrazine groups is 1. The van der Waals surface area contributed by atoms with Crippen LogP contribution in [0.25, 0.3) is 0 Å². The molecule has 0 saturated carbocycles. The van der Waals surface area contributed by atoms with Crippen molar-refractivity contribution in [2.75, 3.05) is 30.0 Å².